The third-order valence-electron chi connectivity index (χ3n) is 1.58. The highest BCUT2D eigenvalue weighted by atomic mass is 16.3. The molecule has 0 aliphatic rings. The SMILES string of the molecule is Cc1ccc([NH3+])cc1CO. The molecule has 0 saturated carbocycles. The molecule has 0 bridgehead atoms. The van der Waals surface area contributed by atoms with Gasteiger partial charge in [-0.2, -0.15) is 0 Å². The molecule has 0 aliphatic heterocycles. The van der Waals surface area contributed by atoms with Gasteiger partial charge in [0.05, 0.1) is 6.61 Å². The summed E-state index contributed by atoms with van der Waals surface area (Å²) in [6.07, 6.45) is 0. The third kappa shape index (κ3) is 1.35. The maximum absolute atomic E-state index is 8.82. The lowest BCUT2D eigenvalue weighted by atomic mass is 10.1. The van der Waals surface area contributed by atoms with E-state index < -0.39 is 0 Å². The van der Waals surface area contributed by atoms with Gasteiger partial charge >= 0.3 is 0 Å². The molecule has 1 aromatic rings. The normalized spacial score (nSPS) is 9.90. The van der Waals surface area contributed by atoms with Crippen LogP contribution in [0.1, 0.15) is 11.1 Å². The maximum atomic E-state index is 8.82. The predicted molar refractivity (Wildman–Crippen MR) is 39.6 cm³/mol. The van der Waals surface area contributed by atoms with Gasteiger partial charge in [0.2, 0.25) is 0 Å². The smallest absolute Gasteiger partial charge is 0.128 e. The summed E-state index contributed by atoms with van der Waals surface area (Å²) >= 11 is 0. The fourth-order valence-electron chi connectivity index (χ4n) is 0.895. The summed E-state index contributed by atoms with van der Waals surface area (Å²) in [5.41, 5.74) is 6.80. The maximum Gasteiger partial charge on any atom is 0.128 e. The van der Waals surface area contributed by atoms with E-state index in [1.165, 1.54) is 0 Å². The Balaban J connectivity index is 3.09. The number of aliphatic hydroxyl groups is 1. The van der Waals surface area contributed by atoms with E-state index in [2.05, 4.69) is 5.73 Å². The van der Waals surface area contributed by atoms with Gasteiger partial charge in [-0.15, -0.1) is 0 Å². The minimum Gasteiger partial charge on any atom is -0.392 e. The molecular formula is C8H12NO+. The first-order chi connectivity index (χ1) is 4.74. The number of aryl methyl sites for hydroxylation is 1. The first kappa shape index (κ1) is 7.25. The summed E-state index contributed by atoms with van der Waals surface area (Å²) in [7, 11) is 0. The second-order valence-corrected chi connectivity index (χ2v) is 2.42. The van der Waals surface area contributed by atoms with Crippen LogP contribution in [-0.2, 0) is 6.61 Å². The van der Waals surface area contributed by atoms with Crippen LogP contribution in [0.2, 0.25) is 0 Å². The predicted octanol–water partition coefficient (Wildman–Crippen LogP) is 0.361. The molecule has 0 aromatic heterocycles. The number of aliphatic hydroxyl groups excluding tert-OH is 1. The number of rotatable bonds is 1. The fraction of sp³-hybridized carbons (Fsp3) is 0.250. The highest BCUT2D eigenvalue weighted by Gasteiger charge is 1.97. The molecular weight excluding hydrogens is 126 g/mol. The Labute approximate surface area is 60.3 Å². The molecule has 2 heteroatoms. The van der Waals surface area contributed by atoms with E-state index >= 15 is 0 Å². The topological polar surface area (TPSA) is 47.9 Å². The summed E-state index contributed by atoms with van der Waals surface area (Å²) in [5.74, 6) is 0. The highest BCUT2D eigenvalue weighted by molar-refractivity contribution is 5.37. The molecule has 10 heavy (non-hydrogen) atoms. The second kappa shape index (κ2) is 2.82. The van der Waals surface area contributed by atoms with Crippen LogP contribution in [0.15, 0.2) is 18.2 Å². The van der Waals surface area contributed by atoms with Crippen molar-refractivity contribution < 1.29 is 10.8 Å². The molecule has 0 heterocycles. The van der Waals surface area contributed by atoms with Crippen LogP contribution in [-0.4, -0.2) is 5.11 Å². The van der Waals surface area contributed by atoms with Gasteiger partial charge in [-0.05, 0) is 24.1 Å². The lowest BCUT2D eigenvalue weighted by Gasteiger charge is -1.99. The van der Waals surface area contributed by atoms with Crippen LogP contribution >= 0.6 is 0 Å². The van der Waals surface area contributed by atoms with Crippen LogP contribution in [0.4, 0.5) is 5.69 Å². The van der Waals surface area contributed by atoms with Crippen molar-refractivity contribution in [2.75, 3.05) is 0 Å². The molecule has 1 rings (SSSR count). The number of hydrogen-bond donors (Lipinski definition) is 2. The number of hydrogen-bond acceptors (Lipinski definition) is 1. The number of benzene rings is 1. The van der Waals surface area contributed by atoms with Gasteiger partial charge in [-0.3, -0.25) is 0 Å². The van der Waals surface area contributed by atoms with Crippen molar-refractivity contribution in [3.05, 3.63) is 29.3 Å². The van der Waals surface area contributed by atoms with Crippen molar-refractivity contribution in [3.8, 4) is 0 Å². The van der Waals surface area contributed by atoms with Crippen molar-refractivity contribution >= 4 is 5.69 Å². The third-order valence-corrected chi connectivity index (χ3v) is 1.58. The van der Waals surface area contributed by atoms with Crippen molar-refractivity contribution in [2.24, 2.45) is 0 Å². The first-order valence-electron chi connectivity index (χ1n) is 3.26. The van der Waals surface area contributed by atoms with Crippen LogP contribution in [0.3, 0.4) is 0 Å². The lowest BCUT2D eigenvalue weighted by molar-refractivity contribution is -0.254. The second-order valence-electron chi connectivity index (χ2n) is 2.42. The first-order valence-corrected chi connectivity index (χ1v) is 3.26. The standard InChI is InChI=1S/C8H11NO/c1-6-2-3-8(9)4-7(6)5-10/h2-4,10H,5,9H2,1H3/p+1. The Morgan fingerprint density at radius 3 is 2.70 bits per heavy atom. The van der Waals surface area contributed by atoms with Crippen molar-refractivity contribution in [3.63, 3.8) is 0 Å². The van der Waals surface area contributed by atoms with E-state index in [-0.39, 0.29) is 6.61 Å². The molecule has 2 nitrogen and oxygen atoms in total. The van der Waals surface area contributed by atoms with Crippen LogP contribution in [0.5, 0.6) is 0 Å². The van der Waals surface area contributed by atoms with Gasteiger partial charge in [-0.1, -0.05) is 6.07 Å². The minimum atomic E-state index is 0.106. The molecule has 0 saturated heterocycles. The van der Waals surface area contributed by atoms with Gasteiger partial charge in [-0.25, -0.2) is 0 Å². The van der Waals surface area contributed by atoms with Crippen LogP contribution in [0, 0.1) is 6.92 Å². The summed E-state index contributed by atoms with van der Waals surface area (Å²) in [5, 5.41) is 8.82. The lowest BCUT2D eigenvalue weighted by Crippen LogP contribution is -2.40. The van der Waals surface area contributed by atoms with Gasteiger partial charge in [0.1, 0.15) is 5.69 Å². The van der Waals surface area contributed by atoms with E-state index in [0.29, 0.717) is 0 Å². The highest BCUT2D eigenvalue weighted by Crippen LogP contribution is 2.10. The van der Waals surface area contributed by atoms with Gasteiger partial charge in [0.15, 0.2) is 0 Å². The van der Waals surface area contributed by atoms with E-state index in [4.69, 9.17) is 5.11 Å². The molecule has 4 N–H and O–H groups in total. The Bertz CT molecular complexity index is 233. The quantitative estimate of drug-likeness (QED) is 0.578. The van der Waals surface area contributed by atoms with Crippen molar-refractivity contribution in [2.45, 2.75) is 13.5 Å². The molecule has 0 spiro atoms. The molecule has 0 radical (unpaired) electrons. The molecule has 0 fully saturated rings. The van der Waals surface area contributed by atoms with Crippen LogP contribution < -0.4 is 5.73 Å². The monoisotopic (exact) mass is 138 g/mol. The Morgan fingerprint density at radius 2 is 2.20 bits per heavy atom. The Morgan fingerprint density at radius 1 is 1.50 bits per heavy atom. The molecule has 0 aliphatic carbocycles. The summed E-state index contributed by atoms with van der Waals surface area (Å²) in [6.45, 7) is 2.08. The summed E-state index contributed by atoms with van der Waals surface area (Å²) in [6, 6.07) is 5.80. The van der Waals surface area contributed by atoms with Crippen LogP contribution in [0.25, 0.3) is 0 Å². The average molecular weight is 138 g/mol. The zero-order valence-corrected chi connectivity index (χ0v) is 6.09. The molecule has 1 aromatic carbocycles. The van der Waals surface area contributed by atoms with Crippen molar-refractivity contribution in [1.82, 2.24) is 0 Å². The zero-order valence-electron chi connectivity index (χ0n) is 6.09. The minimum absolute atomic E-state index is 0.106. The molecule has 0 atom stereocenters. The Hall–Kier alpha value is -0.860. The van der Waals surface area contributed by atoms with Gasteiger partial charge in [0, 0.05) is 6.07 Å². The summed E-state index contributed by atoms with van der Waals surface area (Å²) in [4.78, 5) is 0. The van der Waals surface area contributed by atoms with Crippen molar-refractivity contribution in [1.29, 1.82) is 0 Å². The van der Waals surface area contributed by atoms with E-state index in [9.17, 15) is 0 Å². The molecule has 54 valence electrons. The average Bonchev–Trinajstić information content (AvgIpc) is 1.94. The number of quaternary nitrogens is 1. The zero-order chi connectivity index (χ0) is 7.56. The fourth-order valence-corrected chi connectivity index (χ4v) is 0.895. The molecule has 0 unspecified atom stereocenters. The van der Waals surface area contributed by atoms with E-state index in [0.717, 1.165) is 16.8 Å². The van der Waals surface area contributed by atoms with Gasteiger partial charge in [0.25, 0.3) is 0 Å². The largest absolute Gasteiger partial charge is 0.392 e. The van der Waals surface area contributed by atoms with E-state index in [1.54, 1.807) is 0 Å². The molecule has 0 amide bonds. The van der Waals surface area contributed by atoms with E-state index in [1.807, 2.05) is 25.1 Å². The van der Waals surface area contributed by atoms with Gasteiger partial charge < -0.3 is 10.8 Å². The summed E-state index contributed by atoms with van der Waals surface area (Å²) < 4.78 is 0. The Kier molecular flexibility index (Phi) is 2.04.